The number of ether oxygens (including phenoxy) is 1. The predicted molar refractivity (Wildman–Crippen MR) is 95.7 cm³/mol. The van der Waals surface area contributed by atoms with Crippen LogP contribution in [0.15, 0.2) is 24.3 Å². The SMILES string of the molecule is CCc1ccc(O[C@H](CC)C(=O)NCCSC(C)(C)C)cc1. The minimum absolute atomic E-state index is 0.0309. The third kappa shape index (κ3) is 7.21. The molecule has 1 amide bonds. The van der Waals surface area contributed by atoms with E-state index in [1.54, 1.807) is 0 Å². The molecule has 4 heteroatoms. The van der Waals surface area contributed by atoms with Crippen LogP contribution in [0.1, 0.15) is 46.6 Å². The summed E-state index contributed by atoms with van der Waals surface area (Å²) in [5.74, 6) is 1.64. The van der Waals surface area contributed by atoms with Gasteiger partial charge in [-0.3, -0.25) is 4.79 Å². The van der Waals surface area contributed by atoms with E-state index in [1.165, 1.54) is 5.56 Å². The highest BCUT2D eigenvalue weighted by Gasteiger charge is 2.18. The maximum atomic E-state index is 12.2. The molecule has 0 aromatic heterocycles. The van der Waals surface area contributed by atoms with Crippen molar-refractivity contribution in [1.82, 2.24) is 5.32 Å². The molecule has 0 spiro atoms. The van der Waals surface area contributed by atoms with Crippen LogP contribution >= 0.6 is 11.8 Å². The largest absolute Gasteiger partial charge is 0.481 e. The molecule has 0 aliphatic rings. The summed E-state index contributed by atoms with van der Waals surface area (Å²) in [6.45, 7) is 11.3. The lowest BCUT2D eigenvalue weighted by molar-refractivity contribution is -0.127. The van der Waals surface area contributed by atoms with Crippen molar-refractivity contribution in [3.63, 3.8) is 0 Å². The van der Waals surface area contributed by atoms with Crippen molar-refractivity contribution in [2.75, 3.05) is 12.3 Å². The maximum Gasteiger partial charge on any atom is 0.261 e. The van der Waals surface area contributed by atoms with E-state index in [0.29, 0.717) is 13.0 Å². The van der Waals surface area contributed by atoms with Gasteiger partial charge in [0.15, 0.2) is 6.10 Å². The standard InChI is InChI=1S/C18H29NO2S/c1-6-14-8-10-15(11-9-14)21-16(7-2)17(20)19-12-13-22-18(3,4)5/h8-11,16H,6-7,12-13H2,1-5H3,(H,19,20)/t16-/m1/s1. The summed E-state index contributed by atoms with van der Waals surface area (Å²) in [4.78, 5) is 12.2. The van der Waals surface area contributed by atoms with Gasteiger partial charge in [0.05, 0.1) is 0 Å². The summed E-state index contributed by atoms with van der Waals surface area (Å²) in [5, 5.41) is 2.96. The van der Waals surface area contributed by atoms with Gasteiger partial charge in [-0.15, -0.1) is 0 Å². The van der Waals surface area contributed by atoms with Crippen LogP contribution < -0.4 is 10.1 Å². The number of aryl methyl sites for hydroxylation is 1. The molecular weight excluding hydrogens is 294 g/mol. The van der Waals surface area contributed by atoms with Gasteiger partial charge in [-0.25, -0.2) is 0 Å². The van der Waals surface area contributed by atoms with Crippen molar-refractivity contribution in [2.24, 2.45) is 0 Å². The first kappa shape index (κ1) is 18.9. The van der Waals surface area contributed by atoms with Gasteiger partial charge < -0.3 is 10.1 Å². The molecule has 3 nitrogen and oxygen atoms in total. The van der Waals surface area contributed by atoms with E-state index in [-0.39, 0.29) is 10.7 Å². The highest BCUT2D eigenvalue weighted by atomic mass is 32.2. The molecule has 0 aliphatic carbocycles. The molecule has 0 saturated carbocycles. The molecule has 0 radical (unpaired) electrons. The molecule has 0 heterocycles. The highest BCUT2D eigenvalue weighted by Crippen LogP contribution is 2.22. The van der Waals surface area contributed by atoms with E-state index in [0.717, 1.165) is 17.9 Å². The van der Waals surface area contributed by atoms with E-state index in [4.69, 9.17) is 4.74 Å². The first-order valence-corrected chi connectivity index (χ1v) is 9.01. The smallest absolute Gasteiger partial charge is 0.261 e. The molecule has 124 valence electrons. The van der Waals surface area contributed by atoms with Crippen molar-refractivity contribution in [3.05, 3.63) is 29.8 Å². The van der Waals surface area contributed by atoms with Crippen LogP contribution in [0.2, 0.25) is 0 Å². The number of thioether (sulfide) groups is 1. The first-order chi connectivity index (χ1) is 10.4. The van der Waals surface area contributed by atoms with Crippen LogP contribution in [-0.2, 0) is 11.2 Å². The number of nitrogens with one attached hydrogen (secondary N) is 1. The number of rotatable bonds is 8. The fourth-order valence-electron chi connectivity index (χ4n) is 1.94. The van der Waals surface area contributed by atoms with Crippen molar-refractivity contribution in [3.8, 4) is 5.75 Å². The Balaban J connectivity index is 2.43. The zero-order valence-electron chi connectivity index (χ0n) is 14.4. The second kappa shape index (κ2) is 9.09. The number of amides is 1. The Bertz CT molecular complexity index is 451. The van der Waals surface area contributed by atoms with Crippen LogP contribution in [-0.4, -0.2) is 29.1 Å². The quantitative estimate of drug-likeness (QED) is 0.733. The minimum atomic E-state index is -0.424. The molecular formula is C18H29NO2S. The van der Waals surface area contributed by atoms with Gasteiger partial charge in [-0.2, -0.15) is 11.8 Å². The summed E-state index contributed by atoms with van der Waals surface area (Å²) in [6, 6.07) is 7.95. The number of benzene rings is 1. The normalized spacial score (nSPS) is 12.8. The van der Waals surface area contributed by atoms with E-state index >= 15 is 0 Å². The predicted octanol–water partition coefficient (Wildman–Crippen LogP) is 4.05. The Morgan fingerprint density at radius 3 is 2.36 bits per heavy atom. The molecule has 0 fully saturated rings. The maximum absolute atomic E-state index is 12.2. The number of carbonyl (C=O) groups excluding carboxylic acids is 1. The second-order valence-corrected chi connectivity index (χ2v) is 8.19. The molecule has 1 N–H and O–H groups in total. The molecule has 0 bridgehead atoms. The van der Waals surface area contributed by atoms with Crippen LogP contribution in [0.4, 0.5) is 0 Å². The molecule has 0 aliphatic heterocycles. The molecule has 0 saturated heterocycles. The van der Waals surface area contributed by atoms with E-state index in [2.05, 4.69) is 33.0 Å². The zero-order valence-corrected chi connectivity index (χ0v) is 15.3. The molecule has 22 heavy (non-hydrogen) atoms. The molecule has 1 rings (SSSR count). The lowest BCUT2D eigenvalue weighted by atomic mass is 10.2. The average molecular weight is 324 g/mol. The molecule has 1 aromatic carbocycles. The number of carbonyl (C=O) groups is 1. The van der Waals surface area contributed by atoms with Gasteiger partial charge >= 0.3 is 0 Å². The topological polar surface area (TPSA) is 38.3 Å². The average Bonchev–Trinajstić information content (AvgIpc) is 2.48. The summed E-state index contributed by atoms with van der Waals surface area (Å²) < 4.78 is 6.03. The monoisotopic (exact) mass is 323 g/mol. The van der Waals surface area contributed by atoms with E-state index in [1.807, 2.05) is 43.0 Å². The Hall–Kier alpha value is -1.16. The van der Waals surface area contributed by atoms with Gasteiger partial charge in [-0.05, 0) is 30.5 Å². The van der Waals surface area contributed by atoms with Crippen molar-refractivity contribution in [2.45, 2.75) is 58.3 Å². The van der Waals surface area contributed by atoms with Crippen LogP contribution in [0, 0.1) is 0 Å². The highest BCUT2D eigenvalue weighted by molar-refractivity contribution is 8.00. The summed E-state index contributed by atoms with van der Waals surface area (Å²) in [7, 11) is 0. The fraction of sp³-hybridized carbons (Fsp3) is 0.611. The minimum Gasteiger partial charge on any atom is -0.481 e. The first-order valence-electron chi connectivity index (χ1n) is 8.03. The van der Waals surface area contributed by atoms with E-state index in [9.17, 15) is 4.79 Å². The van der Waals surface area contributed by atoms with Crippen LogP contribution in [0.3, 0.4) is 0 Å². The van der Waals surface area contributed by atoms with Gasteiger partial charge in [0.1, 0.15) is 5.75 Å². The molecule has 1 aromatic rings. The summed E-state index contributed by atoms with van der Waals surface area (Å²) >= 11 is 1.85. The number of hydrogen-bond donors (Lipinski definition) is 1. The van der Waals surface area contributed by atoms with Gasteiger partial charge in [0.2, 0.25) is 0 Å². The fourth-order valence-corrected chi connectivity index (χ4v) is 2.75. The second-order valence-electron chi connectivity index (χ2n) is 6.26. The van der Waals surface area contributed by atoms with Crippen molar-refractivity contribution < 1.29 is 9.53 Å². The van der Waals surface area contributed by atoms with Crippen LogP contribution in [0.25, 0.3) is 0 Å². The molecule has 1 atom stereocenters. The third-order valence-corrected chi connectivity index (χ3v) is 4.48. The summed E-state index contributed by atoms with van der Waals surface area (Å²) in [5.41, 5.74) is 1.27. The van der Waals surface area contributed by atoms with Gasteiger partial charge in [-0.1, -0.05) is 46.8 Å². The van der Waals surface area contributed by atoms with Gasteiger partial charge in [0.25, 0.3) is 5.91 Å². The van der Waals surface area contributed by atoms with Gasteiger partial charge in [0, 0.05) is 17.0 Å². The summed E-state index contributed by atoms with van der Waals surface area (Å²) in [6.07, 6.45) is 1.24. The molecule has 0 unspecified atom stereocenters. The Morgan fingerprint density at radius 2 is 1.86 bits per heavy atom. The Labute approximate surface area is 139 Å². The van der Waals surface area contributed by atoms with E-state index < -0.39 is 6.10 Å². The lowest BCUT2D eigenvalue weighted by Crippen LogP contribution is -2.39. The Kier molecular flexibility index (Phi) is 7.80. The Morgan fingerprint density at radius 1 is 1.23 bits per heavy atom. The zero-order chi connectivity index (χ0) is 16.6. The van der Waals surface area contributed by atoms with Crippen LogP contribution in [0.5, 0.6) is 5.75 Å². The third-order valence-electron chi connectivity index (χ3n) is 3.21. The lowest BCUT2D eigenvalue weighted by Gasteiger charge is -2.19. The number of hydrogen-bond acceptors (Lipinski definition) is 3. The van der Waals surface area contributed by atoms with Crippen molar-refractivity contribution in [1.29, 1.82) is 0 Å². The van der Waals surface area contributed by atoms with Crippen molar-refractivity contribution >= 4 is 17.7 Å².